The predicted molar refractivity (Wildman–Crippen MR) is 147 cm³/mol. The predicted octanol–water partition coefficient (Wildman–Crippen LogP) is 7.33. The van der Waals surface area contributed by atoms with Crippen LogP contribution in [0.4, 0.5) is 0 Å². The summed E-state index contributed by atoms with van der Waals surface area (Å²) in [5, 5.41) is 1.59. The molecule has 0 radical (unpaired) electrons. The molecule has 0 spiro atoms. The minimum Gasteiger partial charge on any atom is -0.478 e. The summed E-state index contributed by atoms with van der Waals surface area (Å²) in [6, 6.07) is 12.5. The molecule has 1 aromatic carbocycles. The van der Waals surface area contributed by atoms with E-state index in [4.69, 9.17) is 9.72 Å². The van der Waals surface area contributed by atoms with Crippen molar-refractivity contribution < 1.29 is 4.74 Å². The molecule has 0 atom stereocenters. The number of hydrogen-bond donors (Lipinski definition) is 0. The Labute approximate surface area is 210 Å². The van der Waals surface area contributed by atoms with Crippen molar-refractivity contribution in [1.82, 2.24) is 15.0 Å². The van der Waals surface area contributed by atoms with Gasteiger partial charge in [0.1, 0.15) is 8.07 Å². The standard InChI is InChI=1S/C28H37N3OSSi/c1-20(2)34(21(3)4,22(5)6)17-15-24-18-26(30-27-25(24)19-29-28(31-27)33-7)32-16-11-14-23-12-9-8-10-13-23/h8-10,12-13,18-22H,11,14,16H2,1-7H3. The fraction of sp³-hybridized carbons (Fsp3) is 0.464. The summed E-state index contributed by atoms with van der Waals surface area (Å²) in [5.74, 6) is 4.16. The maximum absolute atomic E-state index is 6.09. The first-order valence-electron chi connectivity index (χ1n) is 12.2. The number of ether oxygens (including phenoxy) is 1. The summed E-state index contributed by atoms with van der Waals surface area (Å²) in [6.45, 7) is 14.6. The van der Waals surface area contributed by atoms with Gasteiger partial charge in [0.2, 0.25) is 5.88 Å². The summed E-state index contributed by atoms with van der Waals surface area (Å²) in [5.41, 5.74) is 8.42. The summed E-state index contributed by atoms with van der Waals surface area (Å²) < 4.78 is 6.09. The van der Waals surface area contributed by atoms with Crippen LogP contribution in [0.3, 0.4) is 0 Å². The Kier molecular flexibility index (Phi) is 9.15. The monoisotopic (exact) mass is 491 g/mol. The molecule has 3 aromatic rings. The van der Waals surface area contributed by atoms with Crippen LogP contribution in [-0.4, -0.2) is 35.9 Å². The molecule has 0 saturated heterocycles. The number of fused-ring (bicyclic) bond motifs is 1. The number of rotatable bonds is 9. The number of benzene rings is 1. The van der Waals surface area contributed by atoms with Gasteiger partial charge in [0, 0.05) is 17.8 Å². The summed E-state index contributed by atoms with van der Waals surface area (Å²) in [7, 11) is -1.87. The molecular formula is C28H37N3OSSi. The van der Waals surface area contributed by atoms with Crippen LogP contribution in [0.15, 0.2) is 47.8 Å². The van der Waals surface area contributed by atoms with E-state index in [0.717, 1.165) is 23.8 Å². The van der Waals surface area contributed by atoms with Gasteiger partial charge in [0.15, 0.2) is 10.8 Å². The fourth-order valence-corrected chi connectivity index (χ4v) is 10.5. The fourth-order valence-electron chi connectivity index (χ4n) is 4.95. The minimum atomic E-state index is -1.87. The lowest BCUT2D eigenvalue weighted by Crippen LogP contribution is -2.43. The zero-order valence-corrected chi connectivity index (χ0v) is 23.4. The van der Waals surface area contributed by atoms with Crippen molar-refractivity contribution in [3.63, 3.8) is 0 Å². The normalized spacial score (nSPS) is 11.8. The summed E-state index contributed by atoms with van der Waals surface area (Å²) >= 11 is 1.51. The highest BCUT2D eigenvalue weighted by Crippen LogP contribution is 2.41. The van der Waals surface area contributed by atoms with Crippen LogP contribution in [0.1, 0.15) is 59.1 Å². The molecule has 2 heterocycles. The third-order valence-electron chi connectivity index (χ3n) is 6.69. The van der Waals surface area contributed by atoms with Crippen LogP contribution in [0, 0.1) is 11.5 Å². The number of hydrogen-bond acceptors (Lipinski definition) is 5. The van der Waals surface area contributed by atoms with E-state index in [-0.39, 0.29) is 0 Å². The maximum Gasteiger partial charge on any atom is 0.216 e. The van der Waals surface area contributed by atoms with Crippen molar-refractivity contribution >= 4 is 30.9 Å². The molecule has 0 unspecified atom stereocenters. The van der Waals surface area contributed by atoms with Crippen LogP contribution >= 0.6 is 11.8 Å². The van der Waals surface area contributed by atoms with Crippen molar-refractivity contribution in [1.29, 1.82) is 0 Å². The molecule has 6 heteroatoms. The lowest BCUT2D eigenvalue weighted by Gasteiger charge is -2.38. The van der Waals surface area contributed by atoms with Crippen LogP contribution in [-0.2, 0) is 6.42 Å². The average Bonchev–Trinajstić information content (AvgIpc) is 2.81. The van der Waals surface area contributed by atoms with Gasteiger partial charge in [-0.1, -0.05) is 89.6 Å². The van der Waals surface area contributed by atoms with Crippen molar-refractivity contribution in [3.8, 4) is 17.3 Å². The molecule has 0 amide bonds. The Balaban J connectivity index is 1.94. The van der Waals surface area contributed by atoms with Crippen LogP contribution in [0.5, 0.6) is 5.88 Å². The smallest absolute Gasteiger partial charge is 0.216 e. The highest BCUT2D eigenvalue weighted by Gasteiger charge is 2.41. The van der Waals surface area contributed by atoms with Crippen molar-refractivity contribution in [2.24, 2.45) is 0 Å². The van der Waals surface area contributed by atoms with E-state index in [1.165, 1.54) is 17.3 Å². The molecule has 0 aliphatic rings. The second kappa shape index (κ2) is 11.9. The molecular weight excluding hydrogens is 454 g/mol. The topological polar surface area (TPSA) is 47.9 Å². The lowest BCUT2D eigenvalue weighted by atomic mass is 10.1. The van der Waals surface area contributed by atoms with E-state index in [2.05, 4.69) is 87.2 Å². The molecule has 34 heavy (non-hydrogen) atoms. The van der Waals surface area contributed by atoms with Gasteiger partial charge in [-0.05, 0) is 41.3 Å². The van der Waals surface area contributed by atoms with Gasteiger partial charge >= 0.3 is 0 Å². The van der Waals surface area contributed by atoms with Gasteiger partial charge in [-0.2, -0.15) is 4.98 Å². The summed E-state index contributed by atoms with van der Waals surface area (Å²) in [4.78, 5) is 13.8. The molecule has 0 aliphatic heterocycles. The van der Waals surface area contributed by atoms with Crippen LogP contribution < -0.4 is 4.74 Å². The third kappa shape index (κ3) is 6.00. The maximum atomic E-state index is 6.09. The first kappa shape index (κ1) is 26.2. The molecule has 0 bridgehead atoms. The molecule has 0 aliphatic carbocycles. The highest BCUT2D eigenvalue weighted by molar-refractivity contribution is 7.98. The van der Waals surface area contributed by atoms with Gasteiger partial charge in [-0.3, -0.25) is 0 Å². The number of nitrogens with zero attached hydrogens (tertiary/aromatic N) is 3. The molecule has 0 fully saturated rings. The van der Waals surface area contributed by atoms with E-state index in [9.17, 15) is 0 Å². The minimum absolute atomic E-state index is 0.571. The van der Waals surface area contributed by atoms with Crippen molar-refractivity contribution in [3.05, 3.63) is 53.7 Å². The molecule has 3 rings (SSSR count). The van der Waals surface area contributed by atoms with Crippen LogP contribution in [0.25, 0.3) is 11.0 Å². The highest BCUT2D eigenvalue weighted by atomic mass is 32.2. The first-order valence-corrected chi connectivity index (χ1v) is 15.6. The first-order chi connectivity index (χ1) is 16.3. The van der Waals surface area contributed by atoms with Gasteiger partial charge in [-0.25, -0.2) is 9.97 Å². The Morgan fingerprint density at radius 1 is 0.971 bits per heavy atom. The number of pyridine rings is 1. The van der Waals surface area contributed by atoms with Crippen molar-refractivity contribution in [2.75, 3.05) is 12.9 Å². The molecule has 2 aromatic heterocycles. The Morgan fingerprint density at radius 2 is 1.65 bits per heavy atom. The van der Waals surface area contributed by atoms with Gasteiger partial charge in [0.25, 0.3) is 0 Å². The number of aryl methyl sites for hydroxylation is 1. The molecule has 0 N–H and O–H groups in total. The Morgan fingerprint density at radius 3 is 2.26 bits per heavy atom. The van der Waals surface area contributed by atoms with E-state index in [1.54, 1.807) is 0 Å². The quantitative estimate of drug-likeness (QED) is 0.103. The van der Waals surface area contributed by atoms with Crippen LogP contribution in [0.2, 0.25) is 16.6 Å². The van der Waals surface area contributed by atoms with E-state index in [1.807, 2.05) is 24.6 Å². The molecule has 180 valence electrons. The summed E-state index contributed by atoms with van der Waals surface area (Å²) in [6.07, 6.45) is 5.73. The van der Waals surface area contributed by atoms with Crippen molar-refractivity contribution in [2.45, 2.75) is 76.2 Å². The zero-order valence-electron chi connectivity index (χ0n) is 21.6. The van der Waals surface area contributed by atoms with E-state index in [0.29, 0.717) is 39.9 Å². The average molecular weight is 492 g/mol. The van der Waals surface area contributed by atoms with Gasteiger partial charge < -0.3 is 4.74 Å². The van der Waals surface area contributed by atoms with E-state index < -0.39 is 8.07 Å². The van der Waals surface area contributed by atoms with Gasteiger partial charge in [-0.15, -0.1) is 5.54 Å². The lowest BCUT2D eigenvalue weighted by molar-refractivity contribution is 0.300. The second-order valence-electron chi connectivity index (χ2n) is 9.69. The number of aromatic nitrogens is 3. The van der Waals surface area contributed by atoms with Gasteiger partial charge in [0.05, 0.1) is 12.0 Å². The second-order valence-corrected chi connectivity index (χ2v) is 16.0. The largest absolute Gasteiger partial charge is 0.478 e. The molecule has 0 saturated carbocycles. The van der Waals surface area contributed by atoms with E-state index >= 15 is 0 Å². The number of thioether (sulfide) groups is 1. The zero-order chi connectivity index (χ0) is 24.7. The molecule has 4 nitrogen and oxygen atoms in total. The third-order valence-corrected chi connectivity index (χ3v) is 13.5. The Bertz CT molecular complexity index is 1130. The Hall–Kier alpha value is -2.36. The SMILES string of the molecule is CSc1ncc2c(C#C[Si](C(C)C)(C(C)C)C(C)C)cc(OCCCc3ccccc3)nc2n1.